The van der Waals surface area contributed by atoms with Gasteiger partial charge in [-0.2, -0.15) is 0 Å². The number of nitrogens with one attached hydrogen (secondary N) is 1. The lowest BCUT2D eigenvalue weighted by Gasteiger charge is -2.14. The number of hydrogen-bond donors (Lipinski definition) is 2. The van der Waals surface area contributed by atoms with Crippen molar-refractivity contribution in [3.8, 4) is 5.75 Å². The van der Waals surface area contributed by atoms with Crippen LogP contribution in [0.2, 0.25) is 5.02 Å². The van der Waals surface area contributed by atoms with Crippen molar-refractivity contribution in [1.82, 2.24) is 5.32 Å². The molecular weight excluding hydrogens is 286 g/mol. The van der Waals surface area contributed by atoms with Crippen LogP contribution in [0, 0.1) is 0 Å². The fourth-order valence-corrected chi connectivity index (χ4v) is 2.30. The van der Waals surface area contributed by atoms with Gasteiger partial charge in [0, 0.05) is 6.54 Å². The van der Waals surface area contributed by atoms with Crippen LogP contribution in [0.1, 0.15) is 45.4 Å². The van der Waals surface area contributed by atoms with Gasteiger partial charge in [0.05, 0.1) is 5.02 Å². The third-order valence-corrected chi connectivity index (χ3v) is 3.67. The molecule has 1 rings (SSSR count). The van der Waals surface area contributed by atoms with Crippen molar-refractivity contribution in [2.24, 2.45) is 0 Å². The first-order chi connectivity index (χ1) is 10.2. The standard InChI is InChI=1S/C17H28ClNO2/c1-2-3-4-5-6-9-12-19-13-15(20)14-21-17-11-8-7-10-16(17)18/h7-8,10-11,15,19-20H,2-6,9,12-14H2,1H3. The zero-order valence-corrected chi connectivity index (χ0v) is 13.7. The van der Waals surface area contributed by atoms with Gasteiger partial charge in [0.25, 0.3) is 0 Å². The molecule has 21 heavy (non-hydrogen) atoms. The normalized spacial score (nSPS) is 12.3. The molecule has 0 spiro atoms. The van der Waals surface area contributed by atoms with Gasteiger partial charge in [0.15, 0.2) is 0 Å². The molecule has 120 valence electrons. The summed E-state index contributed by atoms with van der Waals surface area (Å²) in [5.74, 6) is 0.620. The van der Waals surface area contributed by atoms with Crippen LogP contribution in [0.5, 0.6) is 5.75 Å². The average Bonchev–Trinajstić information content (AvgIpc) is 2.49. The van der Waals surface area contributed by atoms with Gasteiger partial charge in [0.2, 0.25) is 0 Å². The number of halogens is 1. The van der Waals surface area contributed by atoms with E-state index >= 15 is 0 Å². The Hall–Kier alpha value is -0.770. The average molecular weight is 314 g/mol. The minimum absolute atomic E-state index is 0.257. The molecule has 2 N–H and O–H groups in total. The summed E-state index contributed by atoms with van der Waals surface area (Å²) in [5, 5.41) is 13.7. The molecule has 3 nitrogen and oxygen atoms in total. The van der Waals surface area contributed by atoms with Crippen LogP contribution in [-0.2, 0) is 0 Å². The fourth-order valence-electron chi connectivity index (χ4n) is 2.11. The third kappa shape index (κ3) is 8.97. The summed E-state index contributed by atoms with van der Waals surface area (Å²) in [6.45, 7) is 4.00. The maximum Gasteiger partial charge on any atom is 0.138 e. The van der Waals surface area contributed by atoms with Crippen LogP contribution in [0.25, 0.3) is 0 Å². The molecule has 0 amide bonds. The molecule has 0 fully saturated rings. The first kappa shape index (κ1) is 18.3. The third-order valence-electron chi connectivity index (χ3n) is 3.35. The largest absolute Gasteiger partial charge is 0.489 e. The van der Waals surface area contributed by atoms with Crippen LogP contribution in [0.3, 0.4) is 0 Å². The first-order valence-corrected chi connectivity index (χ1v) is 8.38. The van der Waals surface area contributed by atoms with E-state index in [4.69, 9.17) is 16.3 Å². The molecule has 0 bridgehead atoms. The van der Waals surface area contributed by atoms with Gasteiger partial charge in [-0.05, 0) is 25.1 Å². The van der Waals surface area contributed by atoms with Crippen molar-refractivity contribution < 1.29 is 9.84 Å². The Morgan fingerprint density at radius 2 is 1.86 bits per heavy atom. The molecule has 0 aromatic heterocycles. The lowest BCUT2D eigenvalue weighted by molar-refractivity contribution is 0.106. The molecule has 0 saturated heterocycles. The smallest absolute Gasteiger partial charge is 0.138 e. The highest BCUT2D eigenvalue weighted by atomic mass is 35.5. The molecule has 1 unspecified atom stereocenters. The summed E-state index contributed by atoms with van der Waals surface area (Å²) in [6.07, 6.45) is 7.20. The fraction of sp³-hybridized carbons (Fsp3) is 0.647. The van der Waals surface area contributed by atoms with Gasteiger partial charge in [0.1, 0.15) is 18.5 Å². The van der Waals surface area contributed by atoms with E-state index in [1.807, 2.05) is 12.1 Å². The van der Waals surface area contributed by atoms with Crippen LogP contribution in [0.15, 0.2) is 24.3 Å². The lowest BCUT2D eigenvalue weighted by Crippen LogP contribution is -2.32. The van der Waals surface area contributed by atoms with Crippen molar-refractivity contribution in [3.05, 3.63) is 29.3 Å². The zero-order valence-electron chi connectivity index (χ0n) is 13.0. The topological polar surface area (TPSA) is 41.5 Å². The van der Waals surface area contributed by atoms with Gasteiger partial charge in [-0.25, -0.2) is 0 Å². The summed E-state index contributed by atoms with van der Waals surface area (Å²) < 4.78 is 5.50. The minimum Gasteiger partial charge on any atom is -0.489 e. The van der Waals surface area contributed by atoms with E-state index in [0.717, 1.165) is 6.54 Å². The highest BCUT2D eigenvalue weighted by molar-refractivity contribution is 6.32. The van der Waals surface area contributed by atoms with E-state index in [1.54, 1.807) is 12.1 Å². The molecule has 0 radical (unpaired) electrons. The Bertz CT molecular complexity index is 374. The number of ether oxygens (including phenoxy) is 1. The number of aliphatic hydroxyl groups is 1. The molecule has 1 atom stereocenters. The zero-order chi connectivity index (χ0) is 15.3. The monoisotopic (exact) mass is 313 g/mol. The van der Waals surface area contributed by atoms with Gasteiger partial charge < -0.3 is 15.2 Å². The van der Waals surface area contributed by atoms with Crippen molar-refractivity contribution in [2.45, 2.75) is 51.6 Å². The number of rotatable bonds is 12. The Morgan fingerprint density at radius 1 is 1.14 bits per heavy atom. The Morgan fingerprint density at radius 3 is 2.62 bits per heavy atom. The van der Waals surface area contributed by atoms with Crippen LogP contribution < -0.4 is 10.1 Å². The van der Waals surface area contributed by atoms with Crippen molar-refractivity contribution in [1.29, 1.82) is 0 Å². The van der Waals surface area contributed by atoms with E-state index < -0.39 is 6.10 Å². The Balaban J connectivity index is 1.99. The predicted octanol–water partition coefficient (Wildman–Crippen LogP) is 4.03. The predicted molar refractivity (Wildman–Crippen MR) is 89.2 cm³/mol. The summed E-state index contributed by atoms with van der Waals surface area (Å²) in [4.78, 5) is 0. The summed E-state index contributed by atoms with van der Waals surface area (Å²) >= 11 is 5.98. The molecule has 0 aliphatic rings. The maximum atomic E-state index is 9.84. The molecule has 4 heteroatoms. The van der Waals surface area contributed by atoms with Crippen LogP contribution in [-0.4, -0.2) is 30.9 Å². The molecule has 1 aromatic carbocycles. The maximum absolute atomic E-state index is 9.84. The van der Waals surface area contributed by atoms with Crippen LogP contribution >= 0.6 is 11.6 Å². The van der Waals surface area contributed by atoms with Gasteiger partial charge in [-0.1, -0.05) is 62.8 Å². The minimum atomic E-state index is -0.513. The molecule has 0 saturated carbocycles. The Labute approximate surface area is 133 Å². The summed E-state index contributed by atoms with van der Waals surface area (Å²) in [5.41, 5.74) is 0. The van der Waals surface area contributed by atoms with E-state index in [-0.39, 0.29) is 6.61 Å². The van der Waals surface area contributed by atoms with Crippen molar-refractivity contribution in [2.75, 3.05) is 19.7 Å². The number of hydrogen-bond acceptors (Lipinski definition) is 3. The second-order valence-corrected chi connectivity index (χ2v) is 5.77. The van der Waals surface area contributed by atoms with Crippen molar-refractivity contribution >= 4 is 11.6 Å². The van der Waals surface area contributed by atoms with Gasteiger partial charge in [-0.15, -0.1) is 0 Å². The van der Waals surface area contributed by atoms with Crippen LogP contribution in [0.4, 0.5) is 0 Å². The lowest BCUT2D eigenvalue weighted by atomic mass is 10.1. The first-order valence-electron chi connectivity index (χ1n) is 8.00. The second kappa shape index (κ2) is 11.8. The molecule has 0 aliphatic carbocycles. The quantitative estimate of drug-likeness (QED) is 0.572. The number of benzene rings is 1. The molecular formula is C17H28ClNO2. The Kier molecular flexibility index (Phi) is 10.3. The van der Waals surface area contributed by atoms with E-state index in [0.29, 0.717) is 17.3 Å². The summed E-state index contributed by atoms with van der Waals surface area (Å²) in [6, 6.07) is 7.30. The van der Waals surface area contributed by atoms with E-state index in [1.165, 1.54) is 38.5 Å². The number of aliphatic hydroxyl groups excluding tert-OH is 1. The number of unbranched alkanes of at least 4 members (excludes halogenated alkanes) is 5. The van der Waals surface area contributed by atoms with Gasteiger partial charge >= 0.3 is 0 Å². The highest BCUT2D eigenvalue weighted by Gasteiger charge is 2.06. The highest BCUT2D eigenvalue weighted by Crippen LogP contribution is 2.22. The van der Waals surface area contributed by atoms with E-state index in [2.05, 4.69) is 12.2 Å². The second-order valence-electron chi connectivity index (χ2n) is 5.37. The van der Waals surface area contributed by atoms with Gasteiger partial charge in [-0.3, -0.25) is 0 Å². The van der Waals surface area contributed by atoms with Crippen molar-refractivity contribution in [3.63, 3.8) is 0 Å². The SMILES string of the molecule is CCCCCCCCNCC(O)COc1ccccc1Cl. The number of para-hydroxylation sites is 1. The van der Waals surface area contributed by atoms with E-state index in [9.17, 15) is 5.11 Å². The summed E-state index contributed by atoms with van der Waals surface area (Å²) in [7, 11) is 0. The molecule has 0 heterocycles. The molecule has 1 aromatic rings. The molecule has 0 aliphatic heterocycles.